The summed E-state index contributed by atoms with van der Waals surface area (Å²) in [5.41, 5.74) is 2.78. The van der Waals surface area contributed by atoms with E-state index in [-0.39, 0.29) is 12.5 Å². The highest BCUT2D eigenvalue weighted by Gasteiger charge is 2.26. The summed E-state index contributed by atoms with van der Waals surface area (Å²) in [6.45, 7) is 6.68. The summed E-state index contributed by atoms with van der Waals surface area (Å²) < 4.78 is 20.1. The fourth-order valence-corrected chi connectivity index (χ4v) is 3.55. The van der Waals surface area contributed by atoms with Gasteiger partial charge in [0.05, 0.1) is 11.4 Å². The smallest absolute Gasteiger partial charge is 0.407 e. The normalized spacial score (nSPS) is 14.4. The number of ether oxygens (including phenoxy) is 1. The van der Waals surface area contributed by atoms with E-state index in [2.05, 4.69) is 10.3 Å². The second-order valence-electron chi connectivity index (χ2n) is 7.39. The summed E-state index contributed by atoms with van der Waals surface area (Å²) in [7, 11) is 0. The van der Waals surface area contributed by atoms with Crippen molar-refractivity contribution in [2.45, 2.75) is 39.7 Å². The van der Waals surface area contributed by atoms with Crippen LogP contribution in [0.4, 0.5) is 14.9 Å². The molecule has 0 spiro atoms. The molecule has 3 rings (SSSR count). The van der Waals surface area contributed by atoms with Crippen molar-refractivity contribution in [1.29, 1.82) is 0 Å². The molecule has 164 valence electrons. The van der Waals surface area contributed by atoms with Crippen LogP contribution in [0.15, 0.2) is 47.5 Å². The first kappa shape index (κ1) is 22.5. The highest BCUT2D eigenvalue weighted by Crippen LogP contribution is 2.31. The first-order valence-electron chi connectivity index (χ1n) is 10.6. The number of unbranched alkanes of at least 4 members (excludes halogenated alkanes) is 1. The molecule has 1 N–H and O–H groups in total. The van der Waals surface area contributed by atoms with Gasteiger partial charge < -0.3 is 15.0 Å². The Morgan fingerprint density at radius 3 is 2.71 bits per heavy atom. The van der Waals surface area contributed by atoms with Crippen molar-refractivity contribution in [3.05, 3.63) is 65.0 Å². The third-order valence-corrected chi connectivity index (χ3v) is 5.24. The molecule has 0 aliphatic carbocycles. The van der Waals surface area contributed by atoms with Crippen LogP contribution in [0.5, 0.6) is 0 Å². The Morgan fingerprint density at radius 1 is 1.23 bits per heavy atom. The maximum absolute atomic E-state index is 14.6. The Labute approximate surface area is 182 Å². The Balaban J connectivity index is 1.98. The second kappa shape index (κ2) is 10.2. The quantitative estimate of drug-likeness (QED) is 0.658. The number of carbonyl (C=O) groups excluding carboxylic acids is 2. The molecule has 2 amide bonds. The van der Waals surface area contributed by atoms with Crippen LogP contribution in [0, 0.1) is 5.82 Å². The van der Waals surface area contributed by atoms with Gasteiger partial charge in [0.1, 0.15) is 18.5 Å². The maximum Gasteiger partial charge on any atom is 0.407 e. The zero-order chi connectivity index (χ0) is 22.4. The Bertz CT molecular complexity index is 990. The van der Waals surface area contributed by atoms with E-state index in [9.17, 15) is 14.0 Å². The monoisotopic (exact) mass is 425 g/mol. The SMILES string of the molecule is CCCCNC(=O)OC(C)c1ccc2c(c1)C(c1ccccc1F)=NCC(=O)N2CC. The average molecular weight is 426 g/mol. The summed E-state index contributed by atoms with van der Waals surface area (Å²) in [4.78, 5) is 30.8. The van der Waals surface area contributed by atoms with E-state index in [0.29, 0.717) is 35.6 Å². The van der Waals surface area contributed by atoms with Crippen molar-refractivity contribution in [3.8, 4) is 0 Å². The van der Waals surface area contributed by atoms with Crippen LogP contribution >= 0.6 is 0 Å². The molecule has 2 aromatic rings. The number of rotatable bonds is 7. The molecule has 1 unspecified atom stereocenters. The number of halogens is 1. The largest absolute Gasteiger partial charge is 0.442 e. The number of hydrogen-bond donors (Lipinski definition) is 1. The van der Waals surface area contributed by atoms with Gasteiger partial charge >= 0.3 is 6.09 Å². The second-order valence-corrected chi connectivity index (χ2v) is 7.39. The molecule has 0 radical (unpaired) electrons. The van der Waals surface area contributed by atoms with Crippen molar-refractivity contribution in [2.24, 2.45) is 4.99 Å². The van der Waals surface area contributed by atoms with Gasteiger partial charge in [-0.3, -0.25) is 9.79 Å². The van der Waals surface area contributed by atoms with Crippen LogP contribution in [0.3, 0.4) is 0 Å². The molecule has 2 aromatic carbocycles. The molecule has 1 aliphatic heterocycles. The molecule has 0 saturated carbocycles. The molecule has 31 heavy (non-hydrogen) atoms. The number of anilines is 1. The molecular weight excluding hydrogens is 397 g/mol. The van der Waals surface area contributed by atoms with Gasteiger partial charge in [-0.2, -0.15) is 0 Å². The van der Waals surface area contributed by atoms with E-state index in [1.54, 1.807) is 30.0 Å². The van der Waals surface area contributed by atoms with Gasteiger partial charge in [0.2, 0.25) is 5.91 Å². The van der Waals surface area contributed by atoms with Gasteiger partial charge in [-0.25, -0.2) is 9.18 Å². The lowest BCUT2D eigenvalue weighted by molar-refractivity contribution is -0.117. The fraction of sp³-hybridized carbons (Fsp3) is 0.375. The molecule has 0 saturated heterocycles. The first-order valence-corrected chi connectivity index (χ1v) is 10.6. The summed E-state index contributed by atoms with van der Waals surface area (Å²) in [5, 5.41) is 2.73. The lowest BCUT2D eigenvalue weighted by Gasteiger charge is -2.23. The topological polar surface area (TPSA) is 71.0 Å². The predicted molar refractivity (Wildman–Crippen MR) is 119 cm³/mol. The number of amides is 2. The van der Waals surface area contributed by atoms with E-state index in [1.807, 2.05) is 32.0 Å². The Morgan fingerprint density at radius 2 is 2.00 bits per heavy atom. The van der Waals surface area contributed by atoms with E-state index >= 15 is 0 Å². The number of fused-ring (bicyclic) bond motifs is 1. The van der Waals surface area contributed by atoms with E-state index in [1.165, 1.54) is 6.07 Å². The Kier molecular flexibility index (Phi) is 7.39. The zero-order valence-electron chi connectivity index (χ0n) is 18.2. The molecule has 1 heterocycles. The van der Waals surface area contributed by atoms with E-state index in [0.717, 1.165) is 18.4 Å². The molecular formula is C24H28FN3O3. The summed E-state index contributed by atoms with van der Waals surface area (Å²) in [6, 6.07) is 11.8. The number of hydrogen-bond acceptors (Lipinski definition) is 4. The summed E-state index contributed by atoms with van der Waals surface area (Å²) >= 11 is 0. The molecule has 1 atom stereocenters. The number of benzodiazepines with no additional fused rings is 1. The van der Waals surface area contributed by atoms with Gasteiger partial charge in [0.15, 0.2) is 0 Å². The summed E-state index contributed by atoms with van der Waals surface area (Å²) in [6.07, 6.45) is 0.851. The number of benzene rings is 2. The number of alkyl carbamates (subject to hydrolysis) is 1. The molecule has 6 nitrogen and oxygen atoms in total. The number of carbonyl (C=O) groups is 2. The van der Waals surface area contributed by atoms with Gasteiger partial charge in [0, 0.05) is 24.2 Å². The Hall–Kier alpha value is -3.22. The van der Waals surface area contributed by atoms with Gasteiger partial charge in [-0.1, -0.05) is 31.5 Å². The first-order chi connectivity index (χ1) is 15.0. The van der Waals surface area contributed by atoms with Crippen molar-refractivity contribution in [2.75, 3.05) is 24.5 Å². The van der Waals surface area contributed by atoms with Crippen molar-refractivity contribution < 1.29 is 18.7 Å². The van der Waals surface area contributed by atoms with Gasteiger partial charge in [-0.15, -0.1) is 0 Å². The zero-order valence-corrected chi connectivity index (χ0v) is 18.2. The highest BCUT2D eigenvalue weighted by molar-refractivity contribution is 6.19. The van der Waals surface area contributed by atoms with Crippen molar-refractivity contribution in [1.82, 2.24) is 5.32 Å². The van der Waals surface area contributed by atoms with Crippen molar-refractivity contribution in [3.63, 3.8) is 0 Å². The van der Waals surface area contributed by atoms with Crippen LogP contribution in [0.1, 0.15) is 56.4 Å². The predicted octanol–water partition coefficient (Wildman–Crippen LogP) is 4.62. The number of nitrogens with one attached hydrogen (secondary N) is 1. The average Bonchev–Trinajstić information content (AvgIpc) is 2.89. The molecule has 7 heteroatoms. The molecule has 1 aliphatic rings. The van der Waals surface area contributed by atoms with E-state index < -0.39 is 18.0 Å². The number of likely N-dealkylation sites (N-methyl/N-ethyl adjacent to an activating group) is 1. The molecule has 0 bridgehead atoms. The summed E-state index contributed by atoms with van der Waals surface area (Å²) in [5.74, 6) is -0.558. The lowest BCUT2D eigenvalue weighted by Crippen LogP contribution is -2.32. The number of aliphatic imine (C=N–C) groups is 1. The van der Waals surface area contributed by atoms with Crippen LogP contribution in [-0.2, 0) is 9.53 Å². The standard InChI is InChI=1S/C24H28FN3O3/c1-4-6-13-26-24(30)31-16(3)17-11-12-21-19(14-17)23(18-9-7-8-10-20(18)25)27-15-22(29)28(21)5-2/h7-12,14,16H,4-6,13,15H2,1-3H3,(H,26,30). The third-order valence-electron chi connectivity index (χ3n) is 5.24. The lowest BCUT2D eigenvalue weighted by atomic mass is 9.96. The number of nitrogens with zero attached hydrogens (tertiary/aromatic N) is 2. The minimum absolute atomic E-state index is 0.0621. The third kappa shape index (κ3) is 5.10. The minimum atomic E-state index is -0.525. The minimum Gasteiger partial charge on any atom is -0.442 e. The van der Waals surface area contributed by atoms with E-state index in [4.69, 9.17) is 4.74 Å². The van der Waals surface area contributed by atoms with Gasteiger partial charge in [0.25, 0.3) is 0 Å². The van der Waals surface area contributed by atoms with Gasteiger partial charge in [-0.05, 0) is 50.1 Å². The van der Waals surface area contributed by atoms with Crippen LogP contribution in [0.2, 0.25) is 0 Å². The van der Waals surface area contributed by atoms with Crippen LogP contribution in [0.25, 0.3) is 0 Å². The van der Waals surface area contributed by atoms with Crippen LogP contribution in [-0.4, -0.2) is 37.3 Å². The molecule has 0 aromatic heterocycles. The maximum atomic E-state index is 14.6. The van der Waals surface area contributed by atoms with Crippen molar-refractivity contribution >= 4 is 23.4 Å². The van der Waals surface area contributed by atoms with Crippen LogP contribution < -0.4 is 10.2 Å². The fourth-order valence-electron chi connectivity index (χ4n) is 3.55. The molecule has 0 fully saturated rings. The highest BCUT2D eigenvalue weighted by atomic mass is 19.1.